The first kappa shape index (κ1) is 16.0. The SMILES string of the molecule is Cc1cnnn1-c1ccc(-c2ccc3c(c2)CC2C(CO)OC(=O)N32)cn1. The smallest absolute Gasteiger partial charge is 0.415 e. The van der Waals surface area contributed by atoms with Crippen molar-refractivity contribution in [3.05, 3.63) is 54.0 Å². The fourth-order valence-electron chi connectivity index (χ4n) is 3.81. The fraction of sp³-hybridized carbons (Fsp3) is 0.263. The van der Waals surface area contributed by atoms with Gasteiger partial charge in [-0.05, 0) is 48.7 Å². The van der Waals surface area contributed by atoms with Gasteiger partial charge in [-0.25, -0.2) is 9.78 Å². The van der Waals surface area contributed by atoms with Gasteiger partial charge in [0.1, 0.15) is 6.10 Å². The van der Waals surface area contributed by atoms with Gasteiger partial charge in [0.05, 0.1) is 30.2 Å². The lowest BCUT2D eigenvalue weighted by Gasteiger charge is -2.14. The number of anilines is 1. The molecule has 1 fully saturated rings. The first-order valence-corrected chi connectivity index (χ1v) is 8.73. The van der Waals surface area contributed by atoms with E-state index in [-0.39, 0.29) is 18.7 Å². The third-order valence-corrected chi connectivity index (χ3v) is 5.18. The molecule has 27 heavy (non-hydrogen) atoms. The molecular weight excluding hydrogens is 346 g/mol. The van der Waals surface area contributed by atoms with E-state index in [9.17, 15) is 9.90 Å². The molecule has 0 saturated carbocycles. The van der Waals surface area contributed by atoms with Crippen LogP contribution in [0, 0.1) is 6.92 Å². The van der Waals surface area contributed by atoms with Gasteiger partial charge in [-0.15, -0.1) is 5.10 Å². The van der Waals surface area contributed by atoms with Gasteiger partial charge in [0.15, 0.2) is 5.82 Å². The van der Waals surface area contributed by atoms with Crippen LogP contribution < -0.4 is 4.90 Å². The Hall–Kier alpha value is -3.26. The molecule has 0 bridgehead atoms. The predicted molar refractivity (Wildman–Crippen MR) is 96.7 cm³/mol. The molecule has 2 aromatic heterocycles. The molecule has 8 nitrogen and oxygen atoms in total. The van der Waals surface area contributed by atoms with E-state index in [1.807, 2.05) is 31.2 Å². The van der Waals surface area contributed by atoms with Crippen LogP contribution in [0.2, 0.25) is 0 Å². The quantitative estimate of drug-likeness (QED) is 0.764. The average Bonchev–Trinajstić information content (AvgIpc) is 3.36. The maximum atomic E-state index is 12.1. The normalized spacial score (nSPS) is 20.5. The summed E-state index contributed by atoms with van der Waals surface area (Å²) in [4.78, 5) is 18.2. The molecule has 1 saturated heterocycles. The highest BCUT2D eigenvalue weighted by Gasteiger charge is 2.47. The second kappa shape index (κ2) is 5.88. The van der Waals surface area contributed by atoms with Crippen LogP contribution in [0.4, 0.5) is 10.5 Å². The second-order valence-electron chi connectivity index (χ2n) is 6.78. The van der Waals surface area contributed by atoms with Crippen LogP contribution in [0.25, 0.3) is 16.9 Å². The minimum atomic E-state index is -0.472. The van der Waals surface area contributed by atoms with Gasteiger partial charge in [0, 0.05) is 11.8 Å². The lowest BCUT2D eigenvalue weighted by Crippen LogP contribution is -2.34. The summed E-state index contributed by atoms with van der Waals surface area (Å²) in [7, 11) is 0. The van der Waals surface area contributed by atoms with Crippen molar-refractivity contribution in [2.45, 2.75) is 25.5 Å². The molecule has 1 aromatic carbocycles. The van der Waals surface area contributed by atoms with Crippen molar-refractivity contribution in [2.24, 2.45) is 0 Å². The largest absolute Gasteiger partial charge is 0.441 e. The topological polar surface area (TPSA) is 93.4 Å². The Balaban J connectivity index is 1.46. The average molecular weight is 363 g/mol. The van der Waals surface area contributed by atoms with Crippen molar-refractivity contribution in [1.82, 2.24) is 20.0 Å². The number of rotatable bonds is 3. The molecule has 2 atom stereocenters. The molecule has 1 amide bonds. The molecule has 4 heterocycles. The summed E-state index contributed by atoms with van der Waals surface area (Å²) in [5, 5.41) is 17.3. The van der Waals surface area contributed by atoms with Gasteiger partial charge in [-0.3, -0.25) is 4.90 Å². The van der Waals surface area contributed by atoms with Crippen molar-refractivity contribution in [3.8, 4) is 16.9 Å². The molecule has 5 rings (SSSR count). The van der Waals surface area contributed by atoms with E-state index in [0.29, 0.717) is 12.2 Å². The molecule has 0 radical (unpaired) electrons. The molecule has 1 N–H and O–H groups in total. The molecule has 8 heteroatoms. The van der Waals surface area contributed by atoms with E-state index in [4.69, 9.17) is 4.74 Å². The Bertz CT molecular complexity index is 1030. The number of hydrogen-bond acceptors (Lipinski definition) is 6. The molecule has 0 spiro atoms. The molecule has 0 aliphatic carbocycles. The summed E-state index contributed by atoms with van der Waals surface area (Å²) in [5.41, 5.74) is 4.85. The zero-order valence-corrected chi connectivity index (χ0v) is 14.6. The number of benzene rings is 1. The predicted octanol–water partition coefficient (Wildman–Crippen LogP) is 1.88. The summed E-state index contributed by atoms with van der Waals surface area (Å²) in [6, 6.07) is 9.74. The van der Waals surface area contributed by atoms with Crippen LogP contribution in [0.3, 0.4) is 0 Å². The molecule has 2 aliphatic rings. The van der Waals surface area contributed by atoms with Crippen molar-refractivity contribution < 1.29 is 14.6 Å². The number of nitrogens with zero attached hydrogens (tertiary/aromatic N) is 5. The maximum Gasteiger partial charge on any atom is 0.415 e. The zero-order valence-electron chi connectivity index (χ0n) is 14.6. The summed E-state index contributed by atoms with van der Waals surface area (Å²) >= 11 is 0. The number of cyclic esters (lactones) is 1. The Kier molecular flexibility index (Phi) is 3.48. The number of carbonyl (C=O) groups excluding carboxylic acids is 1. The van der Waals surface area contributed by atoms with Crippen molar-refractivity contribution in [3.63, 3.8) is 0 Å². The second-order valence-corrected chi connectivity index (χ2v) is 6.78. The van der Waals surface area contributed by atoms with E-state index in [1.165, 1.54) is 0 Å². The lowest BCUT2D eigenvalue weighted by atomic mass is 10.0. The van der Waals surface area contributed by atoms with Crippen molar-refractivity contribution >= 4 is 11.8 Å². The van der Waals surface area contributed by atoms with Crippen LogP contribution in [0.5, 0.6) is 0 Å². The number of amides is 1. The van der Waals surface area contributed by atoms with Gasteiger partial charge < -0.3 is 9.84 Å². The van der Waals surface area contributed by atoms with Gasteiger partial charge in [-0.1, -0.05) is 11.3 Å². The number of aromatic nitrogens is 4. The fourth-order valence-corrected chi connectivity index (χ4v) is 3.81. The van der Waals surface area contributed by atoms with Gasteiger partial charge in [0.25, 0.3) is 0 Å². The monoisotopic (exact) mass is 363 g/mol. The minimum absolute atomic E-state index is 0.136. The van der Waals surface area contributed by atoms with Gasteiger partial charge in [0.2, 0.25) is 0 Å². The Morgan fingerprint density at radius 1 is 1.22 bits per heavy atom. The minimum Gasteiger partial charge on any atom is -0.441 e. The first-order chi connectivity index (χ1) is 13.2. The third-order valence-electron chi connectivity index (χ3n) is 5.18. The van der Waals surface area contributed by atoms with E-state index < -0.39 is 6.10 Å². The Labute approximate surface area is 155 Å². The van der Waals surface area contributed by atoms with Crippen LogP contribution in [-0.4, -0.2) is 49.9 Å². The summed E-state index contributed by atoms with van der Waals surface area (Å²) < 4.78 is 6.90. The lowest BCUT2D eigenvalue weighted by molar-refractivity contribution is 0.0830. The molecule has 136 valence electrons. The number of aliphatic hydroxyl groups excluding tert-OH is 1. The van der Waals surface area contributed by atoms with Crippen LogP contribution in [0.1, 0.15) is 11.3 Å². The molecule has 3 aromatic rings. The molecule has 2 aliphatic heterocycles. The maximum absolute atomic E-state index is 12.1. The number of ether oxygens (including phenoxy) is 1. The standard InChI is InChI=1S/C19H17N5O3/c1-11-8-21-22-24(11)18-5-3-13(9-20-18)12-2-4-15-14(6-12)7-16-17(10-25)27-19(26)23(15)16/h2-6,8-9,16-17,25H,7,10H2,1H3. The zero-order chi connectivity index (χ0) is 18.5. The van der Waals surface area contributed by atoms with Crippen LogP contribution >= 0.6 is 0 Å². The van der Waals surface area contributed by atoms with Crippen molar-refractivity contribution in [2.75, 3.05) is 11.5 Å². The van der Waals surface area contributed by atoms with Crippen molar-refractivity contribution in [1.29, 1.82) is 0 Å². The first-order valence-electron chi connectivity index (χ1n) is 8.73. The van der Waals surface area contributed by atoms with Gasteiger partial charge >= 0.3 is 6.09 Å². The Morgan fingerprint density at radius 2 is 2.07 bits per heavy atom. The molecule has 2 unspecified atom stereocenters. The number of aryl methyl sites for hydroxylation is 1. The van der Waals surface area contributed by atoms with Crippen LogP contribution in [0.15, 0.2) is 42.7 Å². The number of carbonyl (C=O) groups is 1. The van der Waals surface area contributed by atoms with E-state index in [1.54, 1.807) is 22.0 Å². The van der Waals surface area contributed by atoms with Gasteiger partial charge in [-0.2, -0.15) is 4.68 Å². The summed E-state index contributed by atoms with van der Waals surface area (Å²) in [5.74, 6) is 0.712. The van der Waals surface area contributed by atoms with E-state index in [2.05, 4.69) is 21.4 Å². The number of fused-ring (bicyclic) bond motifs is 3. The number of hydrogen-bond donors (Lipinski definition) is 1. The highest BCUT2D eigenvalue weighted by atomic mass is 16.6. The number of aliphatic hydroxyl groups is 1. The summed E-state index contributed by atoms with van der Waals surface area (Å²) in [6.07, 6.45) is 3.30. The van der Waals surface area contributed by atoms with E-state index in [0.717, 1.165) is 28.1 Å². The highest BCUT2D eigenvalue weighted by molar-refractivity contribution is 5.94. The number of pyridine rings is 1. The molecular formula is C19H17N5O3. The third kappa shape index (κ3) is 2.41. The van der Waals surface area contributed by atoms with Crippen LogP contribution in [-0.2, 0) is 11.2 Å². The Morgan fingerprint density at radius 3 is 2.78 bits per heavy atom. The summed E-state index contributed by atoms with van der Waals surface area (Å²) in [6.45, 7) is 1.76. The van der Waals surface area contributed by atoms with E-state index >= 15 is 0 Å². The highest BCUT2D eigenvalue weighted by Crippen LogP contribution is 2.40.